The van der Waals surface area contributed by atoms with E-state index in [-0.39, 0.29) is 0 Å². The molecule has 1 aromatic rings. The van der Waals surface area contributed by atoms with Gasteiger partial charge in [-0.2, -0.15) is 0 Å². The van der Waals surface area contributed by atoms with Crippen LogP contribution in [0.2, 0.25) is 0 Å². The Morgan fingerprint density at radius 3 is 2.77 bits per heavy atom. The average molecular weight is 199 g/mol. The van der Waals surface area contributed by atoms with Gasteiger partial charge in [-0.3, -0.25) is 9.59 Å². The zero-order valence-corrected chi connectivity index (χ0v) is 7.80. The number of nitrogens with one attached hydrogen (secondary N) is 1. The van der Waals surface area contributed by atoms with Crippen LogP contribution in [0.5, 0.6) is 0 Å². The molecule has 1 heterocycles. The van der Waals surface area contributed by atoms with Crippen LogP contribution in [-0.2, 0) is 9.59 Å². The summed E-state index contributed by atoms with van der Waals surface area (Å²) in [5.74, 6) is -2.62. The van der Waals surface area contributed by atoms with Crippen molar-refractivity contribution in [3.05, 3.63) is 17.5 Å². The number of carboxylic acid groups (broad SMARTS) is 1. The summed E-state index contributed by atoms with van der Waals surface area (Å²) in [7, 11) is 0. The molecule has 0 spiro atoms. The van der Waals surface area contributed by atoms with Crippen molar-refractivity contribution in [3.63, 3.8) is 0 Å². The SMILES string of the molecule is CC(C(=O)O)C(=O)Nc1cccs1. The van der Waals surface area contributed by atoms with Gasteiger partial charge in [-0.05, 0) is 24.4 Å². The van der Waals surface area contributed by atoms with Crippen molar-refractivity contribution >= 4 is 28.2 Å². The Balaban J connectivity index is 2.56. The number of amides is 1. The fourth-order valence-corrected chi connectivity index (χ4v) is 1.31. The Hall–Kier alpha value is -1.36. The lowest BCUT2D eigenvalue weighted by Gasteiger charge is -2.05. The molecule has 13 heavy (non-hydrogen) atoms. The third kappa shape index (κ3) is 2.55. The smallest absolute Gasteiger partial charge is 0.315 e. The number of hydrogen-bond donors (Lipinski definition) is 2. The highest BCUT2D eigenvalue weighted by atomic mass is 32.1. The maximum atomic E-state index is 11.2. The third-order valence-electron chi connectivity index (χ3n) is 1.53. The van der Waals surface area contributed by atoms with E-state index in [1.165, 1.54) is 18.3 Å². The largest absolute Gasteiger partial charge is 0.481 e. The molecule has 5 heteroatoms. The van der Waals surface area contributed by atoms with Gasteiger partial charge in [0.2, 0.25) is 5.91 Å². The lowest BCUT2D eigenvalue weighted by Crippen LogP contribution is -2.26. The van der Waals surface area contributed by atoms with Crippen LogP contribution in [0, 0.1) is 5.92 Å². The average Bonchev–Trinajstić information content (AvgIpc) is 2.55. The van der Waals surface area contributed by atoms with Gasteiger partial charge < -0.3 is 10.4 Å². The van der Waals surface area contributed by atoms with Crippen LogP contribution >= 0.6 is 11.3 Å². The van der Waals surface area contributed by atoms with E-state index in [9.17, 15) is 9.59 Å². The minimum atomic E-state index is -1.12. The molecule has 0 aliphatic carbocycles. The quantitative estimate of drug-likeness (QED) is 0.723. The number of carboxylic acids is 1. The standard InChI is InChI=1S/C8H9NO3S/c1-5(8(11)12)7(10)9-6-3-2-4-13-6/h2-5H,1H3,(H,9,10)(H,11,12). The molecular weight excluding hydrogens is 190 g/mol. The lowest BCUT2D eigenvalue weighted by atomic mass is 10.2. The van der Waals surface area contributed by atoms with Gasteiger partial charge in [-0.1, -0.05) is 0 Å². The van der Waals surface area contributed by atoms with E-state index in [1.54, 1.807) is 17.5 Å². The maximum absolute atomic E-state index is 11.2. The molecule has 0 aromatic carbocycles. The van der Waals surface area contributed by atoms with Crippen LogP contribution in [0.1, 0.15) is 6.92 Å². The molecule has 1 rings (SSSR count). The summed E-state index contributed by atoms with van der Waals surface area (Å²) in [4.78, 5) is 21.6. The van der Waals surface area contributed by atoms with Gasteiger partial charge in [-0.25, -0.2) is 0 Å². The topological polar surface area (TPSA) is 66.4 Å². The Morgan fingerprint density at radius 1 is 1.62 bits per heavy atom. The first kappa shape index (κ1) is 9.73. The molecule has 0 fully saturated rings. The molecule has 1 amide bonds. The monoisotopic (exact) mass is 199 g/mol. The minimum absolute atomic E-state index is 0.491. The fraction of sp³-hybridized carbons (Fsp3) is 0.250. The molecule has 0 saturated heterocycles. The van der Waals surface area contributed by atoms with Crippen molar-refractivity contribution in [1.82, 2.24) is 0 Å². The molecule has 0 aliphatic heterocycles. The van der Waals surface area contributed by atoms with Gasteiger partial charge in [-0.15, -0.1) is 11.3 Å². The highest BCUT2D eigenvalue weighted by molar-refractivity contribution is 7.14. The van der Waals surface area contributed by atoms with Gasteiger partial charge in [0, 0.05) is 0 Å². The van der Waals surface area contributed by atoms with Crippen LogP contribution in [0.25, 0.3) is 0 Å². The van der Waals surface area contributed by atoms with Crippen LogP contribution in [-0.4, -0.2) is 17.0 Å². The zero-order valence-electron chi connectivity index (χ0n) is 6.98. The number of aliphatic carboxylic acids is 1. The molecule has 70 valence electrons. The zero-order chi connectivity index (χ0) is 9.84. The van der Waals surface area contributed by atoms with Crippen molar-refractivity contribution < 1.29 is 14.7 Å². The summed E-state index contributed by atoms with van der Waals surface area (Å²) < 4.78 is 0. The fourth-order valence-electron chi connectivity index (χ4n) is 0.692. The van der Waals surface area contributed by atoms with Gasteiger partial charge in [0.1, 0.15) is 5.92 Å². The number of carbonyl (C=O) groups is 2. The van der Waals surface area contributed by atoms with Crippen molar-refractivity contribution in [1.29, 1.82) is 0 Å². The number of anilines is 1. The molecule has 0 radical (unpaired) electrons. The second kappa shape index (κ2) is 4.04. The molecule has 0 aliphatic rings. The summed E-state index contributed by atoms with van der Waals surface area (Å²) in [6, 6.07) is 3.50. The Labute approximate surface area is 79.2 Å². The van der Waals surface area contributed by atoms with Gasteiger partial charge in [0.25, 0.3) is 0 Å². The third-order valence-corrected chi connectivity index (χ3v) is 2.32. The Kier molecular flexibility index (Phi) is 3.02. The molecule has 1 atom stereocenters. The first-order valence-corrected chi connectivity index (χ1v) is 4.56. The van der Waals surface area contributed by atoms with E-state index >= 15 is 0 Å². The molecule has 4 nitrogen and oxygen atoms in total. The van der Waals surface area contributed by atoms with Crippen LogP contribution in [0.3, 0.4) is 0 Å². The van der Waals surface area contributed by atoms with E-state index in [2.05, 4.69) is 5.32 Å². The number of thiophene rings is 1. The van der Waals surface area contributed by atoms with Gasteiger partial charge >= 0.3 is 5.97 Å². The molecule has 0 bridgehead atoms. The van der Waals surface area contributed by atoms with E-state index in [0.717, 1.165) is 0 Å². The Morgan fingerprint density at radius 2 is 2.31 bits per heavy atom. The molecule has 2 N–H and O–H groups in total. The molecule has 1 aromatic heterocycles. The van der Waals surface area contributed by atoms with E-state index in [4.69, 9.17) is 5.11 Å². The lowest BCUT2D eigenvalue weighted by molar-refractivity contribution is -0.144. The van der Waals surface area contributed by atoms with E-state index in [0.29, 0.717) is 5.00 Å². The van der Waals surface area contributed by atoms with Crippen LogP contribution in [0.15, 0.2) is 17.5 Å². The van der Waals surface area contributed by atoms with Crippen molar-refractivity contribution in [2.24, 2.45) is 5.92 Å². The van der Waals surface area contributed by atoms with Crippen molar-refractivity contribution in [2.75, 3.05) is 5.32 Å². The predicted octanol–water partition coefficient (Wildman–Crippen LogP) is 1.41. The van der Waals surface area contributed by atoms with Gasteiger partial charge in [0.15, 0.2) is 0 Å². The van der Waals surface area contributed by atoms with Crippen LogP contribution in [0.4, 0.5) is 5.00 Å². The summed E-state index contributed by atoms with van der Waals surface area (Å²) in [5, 5.41) is 13.5. The molecule has 0 saturated carbocycles. The minimum Gasteiger partial charge on any atom is -0.481 e. The maximum Gasteiger partial charge on any atom is 0.315 e. The number of carbonyl (C=O) groups excluding carboxylic acids is 1. The summed E-state index contributed by atoms with van der Waals surface area (Å²) in [6.45, 7) is 1.35. The number of hydrogen-bond acceptors (Lipinski definition) is 3. The molecular formula is C8H9NO3S. The first-order chi connectivity index (χ1) is 6.11. The summed E-state index contributed by atoms with van der Waals surface area (Å²) >= 11 is 1.36. The second-order valence-electron chi connectivity index (χ2n) is 2.53. The predicted molar refractivity (Wildman–Crippen MR) is 49.7 cm³/mol. The first-order valence-electron chi connectivity index (χ1n) is 3.68. The van der Waals surface area contributed by atoms with Gasteiger partial charge in [0.05, 0.1) is 5.00 Å². The number of rotatable bonds is 3. The Bertz CT molecular complexity index is 307. The summed E-state index contributed by atoms with van der Waals surface area (Å²) in [5.41, 5.74) is 0. The summed E-state index contributed by atoms with van der Waals surface area (Å²) in [6.07, 6.45) is 0. The van der Waals surface area contributed by atoms with Crippen molar-refractivity contribution in [2.45, 2.75) is 6.92 Å². The van der Waals surface area contributed by atoms with E-state index in [1.807, 2.05) is 0 Å². The normalized spacial score (nSPS) is 12.1. The van der Waals surface area contributed by atoms with Crippen LogP contribution < -0.4 is 5.32 Å². The highest BCUT2D eigenvalue weighted by Gasteiger charge is 2.20. The highest BCUT2D eigenvalue weighted by Crippen LogP contribution is 2.15. The molecule has 1 unspecified atom stereocenters. The second-order valence-corrected chi connectivity index (χ2v) is 3.47. The van der Waals surface area contributed by atoms with Crippen molar-refractivity contribution in [3.8, 4) is 0 Å². The van der Waals surface area contributed by atoms with E-state index < -0.39 is 17.8 Å².